The fourth-order valence-corrected chi connectivity index (χ4v) is 11.4. The predicted octanol–water partition coefficient (Wildman–Crippen LogP) is 6.43. The minimum absolute atomic E-state index is 0.0563. The summed E-state index contributed by atoms with van der Waals surface area (Å²) in [6, 6.07) is -0.476. The zero-order valence-corrected chi connectivity index (χ0v) is 25.4. The smallest absolute Gasteiger partial charge is 0.323 e. The lowest BCUT2D eigenvalue weighted by atomic mass is 9.44. The number of hydrogen-bond acceptors (Lipinski definition) is 6. The normalized spacial score (nSPS) is 52.5. The van der Waals surface area contributed by atoms with Gasteiger partial charge in [0.15, 0.2) is 5.79 Å². The summed E-state index contributed by atoms with van der Waals surface area (Å²) in [5.41, 5.74) is 6.88. The maximum atomic E-state index is 12.6. The molecular weight excluding hydrogens is 494 g/mol. The molecule has 216 valence electrons. The lowest BCUT2D eigenvalue weighted by Gasteiger charge is -2.61. The van der Waals surface area contributed by atoms with Crippen molar-refractivity contribution in [2.24, 2.45) is 58.0 Å². The Labute approximate surface area is 235 Å². The van der Waals surface area contributed by atoms with Gasteiger partial charge in [0.1, 0.15) is 12.1 Å². The molecule has 0 aromatic carbocycles. The van der Waals surface area contributed by atoms with Gasteiger partial charge >= 0.3 is 5.97 Å². The van der Waals surface area contributed by atoms with Crippen molar-refractivity contribution in [3.05, 3.63) is 0 Å². The summed E-state index contributed by atoms with van der Waals surface area (Å²) in [7, 11) is 0. The van der Waals surface area contributed by atoms with Gasteiger partial charge in [-0.3, -0.25) is 4.79 Å². The molecule has 0 radical (unpaired) electrons. The highest BCUT2D eigenvalue weighted by atomic mass is 32.2. The molecule has 6 heteroatoms. The largest absolute Gasteiger partial charge is 0.461 e. The Morgan fingerprint density at radius 3 is 2.55 bits per heavy atom. The average molecular weight is 548 g/mol. The lowest BCUT2D eigenvalue weighted by Crippen LogP contribution is -2.55. The van der Waals surface area contributed by atoms with Crippen molar-refractivity contribution in [3.8, 4) is 0 Å². The van der Waals surface area contributed by atoms with Gasteiger partial charge in [0, 0.05) is 12.3 Å². The molecule has 38 heavy (non-hydrogen) atoms. The fourth-order valence-electron chi connectivity index (χ4n) is 11.0. The first-order valence-corrected chi connectivity index (χ1v) is 17.3. The highest BCUT2D eigenvalue weighted by Gasteiger charge is 2.69. The van der Waals surface area contributed by atoms with Gasteiger partial charge < -0.3 is 19.9 Å². The Morgan fingerprint density at radius 2 is 1.82 bits per heavy atom. The maximum absolute atomic E-state index is 12.6. The molecule has 0 aromatic heterocycles. The summed E-state index contributed by atoms with van der Waals surface area (Å²) < 4.78 is 19.5. The molecule has 13 atom stereocenters. The summed E-state index contributed by atoms with van der Waals surface area (Å²) in [5, 5.41) is 0. The number of fused-ring (bicyclic) bond motifs is 7. The van der Waals surface area contributed by atoms with Crippen molar-refractivity contribution < 1.29 is 19.0 Å². The predicted molar refractivity (Wildman–Crippen MR) is 153 cm³/mol. The Kier molecular flexibility index (Phi) is 7.48. The molecule has 1 spiro atoms. The zero-order valence-electron chi connectivity index (χ0n) is 24.6. The van der Waals surface area contributed by atoms with Crippen LogP contribution in [0.1, 0.15) is 98.3 Å². The number of ether oxygens (including phenoxy) is 3. The van der Waals surface area contributed by atoms with Crippen LogP contribution in [0.3, 0.4) is 0 Å². The van der Waals surface area contributed by atoms with Crippen LogP contribution in [0.5, 0.6) is 0 Å². The number of thioether (sulfide) groups is 1. The third kappa shape index (κ3) is 4.32. The number of carbonyl (C=O) groups excluding carboxylic acids is 1. The Hall–Kier alpha value is -0.300. The Balaban J connectivity index is 1.12. The van der Waals surface area contributed by atoms with E-state index in [0.717, 1.165) is 49.4 Å². The molecule has 4 aliphatic carbocycles. The van der Waals surface area contributed by atoms with Gasteiger partial charge in [-0.2, -0.15) is 11.8 Å². The van der Waals surface area contributed by atoms with E-state index in [9.17, 15) is 4.79 Å². The van der Waals surface area contributed by atoms with E-state index in [-0.39, 0.29) is 17.9 Å². The molecule has 1 unspecified atom stereocenters. The molecule has 2 saturated heterocycles. The van der Waals surface area contributed by atoms with Crippen LogP contribution in [0.15, 0.2) is 0 Å². The first-order valence-electron chi connectivity index (χ1n) is 15.9. The molecule has 0 bridgehead atoms. The minimum Gasteiger partial charge on any atom is -0.461 e. The van der Waals surface area contributed by atoms with Crippen molar-refractivity contribution in [1.29, 1.82) is 0 Å². The van der Waals surface area contributed by atoms with Crippen LogP contribution in [0.4, 0.5) is 0 Å². The van der Waals surface area contributed by atoms with Crippen molar-refractivity contribution in [2.75, 3.05) is 18.6 Å². The molecule has 2 aliphatic heterocycles. The van der Waals surface area contributed by atoms with Crippen LogP contribution in [0, 0.1) is 52.3 Å². The van der Waals surface area contributed by atoms with Crippen LogP contribution in [-0.2, 0) is 19.0 Å². The molecular formula is C32H53NO4S. The van der Waals surface area contributed by atoms with Crippen LogP contribution >= 0.6 is 11.8 Å². The van der Waals surface area contributed by atoms with Gasteiger partial charge in [-0.05, 0) is 123 Å². The van der Waals surface area contributed by atoms with Gasteiger partial charge in [-0.25, -0.2) is 0 Å². The highest BCUT2D eigenvalue weighted by molar-refractivity contribution is 7.98. The summed E-state index contributed by atoms with van der Waals surface area (Å²) in [5.74, 6) is 5.25. The van der Waals surface area contributed by atoms with Crippen LogP contribution in [-0.4, -0.2) is 48.6 Å². The number of carbonyl (C=O) groups is 1. The van der Waals surface area contributed by atoms with Gasteiger partial charge in [0.25, 0.3) is 0 Å². The second-order valence-corrected chi connectivity index (χ2v) is 15.9. The molecule has 4 saturated carbocycles. The van der Waals surface area contributed by atoms with Crippen molar-refractivity contribution in [3.63, 3.8) is 0 Å². The van der Waals surface area contributed by atoms with Crippen LogP contribution < -0.4 is 5.73 Å². The van der Waals surface area contributed by atoms with Crippen molar-refractivity contribution in [1.82, 2.24) is 0 Å². The molecule has 5 nitrogen and oxygen atoms in total. The monoisotopic (exact) mass is 547 g/mol. The summed E-state index contributed by atoms with van der Waals surface area (Å²) in [6.45, 7) is 10.8. The standard InChI is InChI=1S/C32H53NO4S/c1-19-8-14-32(35-18-19)20(2)28-27(37-32)17-25-23-7-6-21-16-22(36-29(34)26(33)11-15-38-5)9-12-30(21,3)24(23)10-13-31(25,28)4/h19-28H,6-18,33H2,1-5H3/t19-,20-,21+,22-,23+,24-,25-,26?,27-,28-,30-,31-,32+/m0/s1. The minimum atomic E-state index is -0.476. The van der Waals surface area contributed by atoms with E-state index < -0.39 is 6.04 Å². The second kappa shape index (κ2) is 10.2. The Morgan fingerprint density at radius 1 is 1.03 bits per heavy atom. The maximum Gasteiger partial charge on any atom is 0.323 e. The van der Waals surface area contributed by atoms with E-state index in [0.29, 0.717) is 47.0 Å². The fraction of sp³-hybridized carbons (Fsp3) is 0.969. The summed E-state index contributed by atoms with van der Waals surface area (Å²) in [6.07, 6.45) is 15.3. The van der Waals surface area contributed by atoms with Crippen molar-refractivity contribution in [2.45, 2.75) is 122 Å². The third-order valence-corrected chi connectivity index (χ3v) is 13.7. The quantitative estimate of drug-likeness (QED) is 0.400. The zero-order chi connectivity index (χ0) is 26.9. The van der Waals surface area contributed by atoms with Crippen LogP contribution in [0.25, 0.3) is 0 Å². The first kappa shape index (κ1) is 27.8. The molecule has 2 heterocycles. The third-order valence-electron chi connectivity index (χ3n) is 13.1. The number of nitrogens with two attached hydrogens (primary N) is 1. The van der Waals surface area contributed by atoms with Gasteiger partial charge in [0.05, 0.1) is 12.7 Å². The first-order chi connectivity index (χ1) is 18.1. The number of rotatable bonds is 5. The lowest BCUT2D eigenvalue weighted by molar-refractivity contribution is -0.273. The molecule has 6 fully saturated rings. The number of hydrogen-bond donors (Lipinski definition) is 1. The van der Waals surface area contributed by atoms with E-state index in [1.54, 1.807) is 11.8 Å². The van der Waals surface area contributed by atoms with E-state index >= 15 is 0 Å². The van der Waals surface area contributed by atoms with Crippen molar-refractivity contribution >= 4 is 17.7 Å². The number of esters is 1. The topological polar surface area (TPSA) is 70.8 Å². The van der Waals surface area contributed by atoms with Crippen LogP contribution in [0.2, 0.25) is 0 Å². The average Bonchev–Trinajstić information content (AvgIpc) is 3.34. The molecule has 6 rings (SSSR count). The summed E-state index contributed by atoms with van der Waals surface area (Å²) in [4.78, 5) is 12.6. The molecule has 2 N–H and O–H groups in total. The van der Waals surface area contributed by atoms with Gasteiger partial charge in [0.2, 0.25) is 0 Å². The van der Waals surface area contributed by atoms with E-state index in [4.69, 9.17) is 19.9 Å². The van der Waals surface area contributed by atoms with Gasteiger partial charge in [-0.15, -0.1) is 0 Å². The van der Waals surface area contributed by atoms with E-state index in [1.807, 2.05) is 0 Å². The second-order valence-electron chi connectivity index (χ2n) is 14.9. The summed E-state index contributed by atoms with van der Waals surface area (Å²) >= 11 is 1.73. The van der Waals surface area contributed by atoms with E-state index in [2.05, 4.69) is 34.0 Å². The highest BCUT2D eigenvalue weighted by Crippen LogP contribution is 2.71. The molecule has 6 aliphatic rings. The molecule has 0 amide bonds. The Bertz CT molecular complexity index is 891. The van der Waals surface area contributed by atoms with E-state index in [1.165, 1.54) is 44.9 Å². The van der Waals surface area contributed by atoms with Gasteiger partial charge in [-0.1, -0.05) is 27.7 Å². The SMILES string of the molecule is CSCCC(N)C(=O)O[C@H]1CC[C@@]2(C)[C@H](CC[C@@H]3[C@@H]2CC[C@]2(C)[C@@H]4[C@H](C[C@@H]32)O[C@]2(CC[C@H](C)CO2)[C@H]4C)C1. The molecule has 0 aromatic rings.